The van der Waals surface area contributed by atoms with Gasteiger partial charge < -0.3 is 9.05 Å². The van der Waals surface area contributed by atoms with Gasteiger partial charge in [0.05, 0.1) is 17.0 Å². The lowest BCUT2D eigenvalue weighted by Crippen LogP contribution is -2.32. The van der Waals surface area contributed by atoms with Crippen LogP contribution in [-0.2, 0) is 35.7 Å². The first-order chi connectivity index (χ1) is 11.1. The molecule has 132 valence electrons. The van der Waals surface area contributed by atoms with Crippen LogP contribution in [-0.4, -0.2) is 38.5 Å². The molecule has 9 nitrogen and oxygen atoms in total. The molecule has 0 N–H and O–H groups in total. The number of carbonyl (C=O) groups excluding carboxylic acids is 1. The zero-order chi connectivity index (χ0) is 18.3. The predicted molar refractivity (Wildman–Crippen MR) is 93.9 cm³/mol. The van der Waals surface area contributed by atoms with E-state index in [9.17, 15) is 23.3 Å². The monoisotopic (exact) mass is 458 g/mol. The first kappa shape index (κ1) is 19.4. The first-order valence-electron chi connectivity index (χ1n) is 6.30. The van der Waals surface area contributed by atoms with Gasteiger partial charge in [-0.25, -0.2) is 12.7 Å². The molecule has 1 atom stereocenters. The van der Waals surface area contributed by atoms with Crippen molar-refractivity contribution >= 4 is 61.5 Å². The lowest BCUT2D eigenvalue weighted by atomic mass is 10.2. The average Bonchev–Trinajstić information content (AvgIpc) is 2.75. The van der Waals surface area contributed by atoms with Gasteiger partial charge in [0.1, 0.15) is 0 Å². The fraction of sp³-hybridized carbons (Fsp3) is 0.364. The van der Waals surface area contributed by atoms with E-state index in [1.54, 1.807) is 0 Å². The van der Waals surface area contributed by atoms with Gasteiger partial charge in [-0.15, -0.1) is 0 Å². The maximum atomic E-state index is 12.8. The third kappa shape index (κ3) is 3.26. The van der Waals surface area contributed by atoms with Crippen LogP contribution in [0.4, 0.5) is 11.4 Å². The smallest absolute Gasteiger partial charge is 0.272 e. The fourth-order valence-electron chi connectivity index (χ4n) is 2.26. The van der Waals surface area contributed by atoms with Gasteiger partial charge in [0.15, 0.2) is 4.99 Å². The van der Waals surface area contributed by atoms with E-state index >= 15 is 0 Å². The molecule has 0 radical (unpaired) electrons. The number of anilines is 1. The number of amides is 1. The van der Waals surface area contributed by atoms with Crippen molar-refractivity contribution < 1.29 is 27.2 Å². The number of carbonyl (C=O) groups is 1. The van der Waals surface area contributed by atoms with Crippen molar-refractivity contribution in [3.8, 4) is 0 Å². The number of nitro groups is 1. The third-order valence-electron chi connectivity index (χ3n) is 3.35. The molecule has 1 amide bonds. The van der Waals surface area contributed by atoms with E-state index < -0.39 is 38.8 Å². The molecule has 0 saturated carbocycles. The summed E-state index contributed by atoms with van der Waals surface area (Å²) in [6, 6.07) is 3.50. The van der Waals surface area contributed by atoms with Gasteiger partial charge in [-0.05, 0) is 17.9 Å². The molecule has 1 unspecified atom stereocenters. The van der Waals surface area contributed by atoms with Crippen molar-refractivity contribution in [2.24, 2.45) is 0 Å². The van der Waals surface area contributed by atoms with Crippen LogP contribution in [0.2, 0.25) is 0 Å². The maximum absolute atomic E-state index is 12.8. The van der Waals surface area contributed by atoms with Crippen LogP contribution in [0.3, 0.4) is 0 Å². The Balaban J connectivity index is 2.59. The highest BCUT2D eigenvalue weighted by atomic mass is 79.9. The first-order valence-corrected chi connectivity index (χ1v) is 11.3. The maximum Gasteiger partial charge on any atom is 0.272 e. The van der Waals surface area contributed by atoms with Crippen molar-refractivity contribution in [1.82, 2.24) is 0 Å². The molecule has 24 heavy (non-hydrogen) atoms. The average molecular weight is 459 g/mol. The van der Waals surface area contributed by atoms with Crippen LogP contribution < -0.4 is 4.31 Å². The standard InChI is InChI=1S/C11H12BrN2O7PS2/c1-20-22(23,21-2)11-6-10(15)13(24(11,18)19)8-3-7(12)4-9(5-8)14(16)17/h3-5,11H,6H2,1-2H3. The topological polar surface area (TPSA) is 116 Å². The quantitative estimate of drug-likeness (QED) is 0.375. The Morgan fingerprint density at radius 3 is 2.46 bits per heavy atom. The molecule has 1 aromatic carbocycles. The van der Waals surface area contributed by atoms with Crippen molar-refractivity contribution in [1.29, 1.82) is 0 Å². The highest BCUT2D eigenvalue weighted by molar-refractivity contribution is 9.10. The predicted octanol–water partition coefficient (Wildman–Crippen LogP) is 2.35. The number of non-ortho nitro benzene ring substituents is 1. The van der Waals surface area contributed by atoms with Gasteiger partial charge in [0, 0.05) is 30.8 Å². The Morgan fingerprint density at radius 1 is 1.38 bits per heavy atom. The molecule has 1 aliphatic rings. The minimum atomic E-state index is -4.24. The summed E-state index contributed by atoms with van der Waals surface area (Å²) >= 11 is 8.22. The molecule has 1 aliphatic heterocycles. The Hall–Kier alpha value is -0.910. The third-order valence-corrected chi connectivity index (χ3v) is 11.2. The lowest BCUT2D eigenvalue weighted by Gasteiger charge is -2.24. The molecular weight excluding hydrogens is 447 g/mol. The fourth-order valence-corrected chi connectivity index (χ4v) is 8.39. The second kappa shape index (κ2) is 6.77. The lowest BCUT2D eigenvalue weighted by molar-refractivity contribution is -0.384. The van der Waals surface area contributed by atoms with E-state index in [-0.39, 0.29) is 15.8 Å². The van der Waals surface area contributed by atoms with E-state index in [1.807, 2.05) is 0 Å². The van der Waals surface area contributed by atoms with Crippen molar-refractivity contribution in [2.45, 2.75) is 11.4 Å². The summed E-state index contributed by atoms with van der Waals surface area (Å²) in [7, 11) is -1.80. The summed E-state index contributed by atoms with van der Waals surface area (Å²) in [6.07, 6.45) is -0.415. The number of sulfonamides is 1. The summed E-state index contributed by atoms with van der Waals surface area (Å²) in [4.78, 5) is 21.2. The molecule has 1 aromatic rings. The Morgan fingerprint density at radius 2 is 1.96 bits per heavy atom. The Kier molecular flexibility index (Phi) is 5.48. The number of benzene rings is 1. The van der Waals surface area contributed by atoms with Gasteiger partial charge in [0.2, 0.25) is 12.4 Å². The zero-order valence-electron chi connectivity index (χ0n) is 12.4. The molecule has 13 heteroatoms. The minimum Gasteiger partial charge on any atom is -0.332 e. The highest BCUT2D eigenvalue weighted by Gasteiger charge is 2.53. The van der Waals surface area contributed by atoms with E-state index in [1.165, 1.54) is 26.4 Å². The van der Waals surface area contributed by atoms with Crippen molar-refractivity contribution in [3.05, 3.63) is 32.8 Å². The number of hydrogen-bond acceptors (Lipinski definition) is 8. The number of halogens is 1. The second-order valence-electron chi connectivity index (χ2n) is 4.69. The normalized spacial score (nSPS) is 20.4. The Bertz CT molecular complexity index is 852. The van der Waals surface area contributed by atoms with Gasteiger partial charge in [-0.3, -0.25) is 14.9 Å². The van der Waals surface area contributed by atoms with Crippen LogP contribution >= 0.6 is 22.4 Å². The molecule has 2 rings (SSSR count). The molecule has 0 spiro atoms. The highest BCUT2D eigenvalue weighted by Crippen LogP contribution is 2.58. The summed E-state index contributed by atoms with van der Waals surface area (Å²) in [5.74, 6) is -0.754. The summed E-state index contributed by atoms with van der Waals surface area (Å²) in [5, 5.41) is 11.0. The summed E-state index contributed by atoms with van der Waals surface area (Å²) in [5.41, 5.74) is -0.499. The Labute approximate surface area is 151 Å². The van der Waals surface area contributed by atoms with E-state index in [0.717, 1.165) is 6.07 Å². The van der Waals surface area contributed by atoms with Gasteiger partial charge in [-0.1, -0.05) is 15.9 Å². The summed E-state index contributed by atoms with van der Waals surface area (Å²) < 4.78 is 36.5. The minimum absolute atomic E-state index is 0.141. The number of hydrogen-bond donors (Lipinski definition) is 0. The van der Waals surface area contributed by atoms with E-state index in [2.05, 4.69) is 15.9 Å². The van der Waals surface area contributed by atoms with Gasteiger partial charge >= 0.3 is 0 Å². The summed E-state index contributed by atoms with van der Waals surface area (Å²) in [6.45, 7) is -3.25. The molecule has 1 saturated heterocycles. The number of nitrogens with zero attached hydrogens (tertiary/aromatic N) is 2. The van der Waals surface area contributed by atoms with Crippen molar-refractivity contribution in [2.75, 3.05) is 18.5 Å². The molecule has 0 bridgehead atoms. The van der Waals surface area contributed by atoms with Crippen LogP contribution in [0, 0.1) is 10.1 Å². The number of rotatable bonds is 5. The van der Waals surface area contributed by atoms with Crippen molar-refractivity contribution in [3.63, 3.8) is 0 Å². The largest absolute Gasteiger partial charge is 0.332 e. The molecule has 0 aliphatic carbocycles. The molecule has 1 fully saturated rings. The zero-order valence-corrected chi connectivity index (χ0v) is 16.5. The molecule has 0 aromatic heterocycles. The van der Waals surface area contributed by atoms with Crippen LogP contribution in [0.5, 0.6) is 0 Å². The van der Waals surface area contributed by atoms with Crippen LogP contribution in [0.15, 0.2) is 22.7 Å². The molecular formula is C11H12BrN2O7PS2. The van der Waals surface area contributed by atoms with E-state index in [4.69, 9.17) is 20.9 Å². The SMILES string of the molecule is COP(=S)(OC)C1CC(=O)N(c2cc(Br)cc([N+](=O)[O-])c2)S1(=O)=O. The number of nitro benzene ring substituents is 1. The second-order valence-corrected chi connectivity index (χ2v) is 11.9. The molecule has 1 heterocycles. The van der Waals surface area contributed by atoms with Gasteiger partial charge in [-0.2, -0.15) is 0 Å². The van der Waals surface area contributed by atoms with Crippen LogP contribution in [0.25, 0.3) is 0 Å². The van der Waals surface area contributed by atoms with Gasteiger partial charge in [0.25, 0.3) is 15.7 Å². The van der Waals surface area contributed by atoms with E-state index in [0.29, 0.717) is 4.31 Å². The van der Waals surface area contributed by atoms with Crippen LogP contribution in [0.1, 0.15) is 6.42 Å².